The smallest absolute Gasteiger partial charge is 0.246 e. The average molecular weight is 294 g/mol. The highest BCUT2D eigenvalue weighted by Gasteiger charge is 2.58. The van der Waals surface area contributed by atoms with Crippen LogP contribution in [0.3, 0.4) is 0 Å². The molecule has 118 valence electrons. The van der Waals surface area contributed by atoms with Crippen LogP contribution in [0.2, 0.25) is 0 Å². The number of ether oxygens (including phenoxy) is 1. The minimum Gasteiger partial charge on any atom is -0.381 e. The molecule has 3 fully saturated rings. The molecule has 0 radical (unpaired) electrons. The normalized spacial score (nSPS) is 38.5. The van der Waals surface area contributed by atoms with Crippen molar-refractivity contribution in [3.05, 3.63) is 0 Å². The van der Waals surface area contributed by atoms with Gasteiger partial charge in [-0.1, -0.05) is 20.8 Å². The molecule has 2 aliphatic heterocycles. The van der Waals surface area contributed by atoms with Crippen LogP contribution >= 0.6 is 0 Å². The Morgan fingerprint density at radius 3 is 2.57 bits per heavy atom. The molecular formula is C16H26N2O3. The van der Waals surface area contributed by atoms with Crippen LogP contribution in [0.4, 0.5) is 0 Å². The maximum Gasteiger partial charge on any atom is 0.246 e. The highest BCUT2D eigenvalue weighted by Crippen LogP contribution is 2.48. The lowest BCUT2D eigenvalue weighted by Gasteiger charge is -2.58. The highest BCUT2D eigenvalue weighted by atomic mass is 16.5. The van der Waals surface area contributed by atoms with Crippen LogP contribution in [0.25, 0.3) is 0 Å². The molecule has 1 saturated carbocycles. The zero-order valence-electron chi connectivity index (χ0n) is 13.5. The van der Waals surface area contributed by atoms with E-state index in [4.69, 9.17) is 4.74 Å². The van der Waals surface area contributed by atoms with Crippen molar-refractivity contribution in [2.45, 2.75) is 70.7 Å². The van der Waals surface area contributed by atoms with E-state index in [0.717, 1.165) is 25.8 Å². The second-order valence-electron chi connectivity index (χ2n) is 7.16. The fourth-order valence-electron chi connectivity index (χ4n) is 4.40. The molecule has 0 spiro atoms. The molecule has 3 aliphatic rings. The number of carbonyl (C=O) groups excluding carboxylic acids is 2. The topological polar surface area (TPSA) is 49.9 Å². The van der Waals surface area contributed by atoms with Gasteiger partial charge in [0.1, 0.15) is 12.1 Å². The molecule has 5 nitrogen and oxygen atoms in total. The van der Waals surface area contributed by atoms with Gasteiger partial charge in [-0.3, -0.25) is 9.59 Å². The Hall–Kier alpha value is -1.10. The second-order valence-corrected chi connectivity index (χ2v) is 7.16. The molecular weight excluding hydrogens is 268 g/mol. The highest BCUT2D eigenvalue weighted by molar-refractivity contribution is 5.97. The first kappa shape index (κ1) is 14.8. The lowest BCUT2D eigenvalue weighted by molar-refractivity contribution is -0.185. The largest absolute Gasteiger partial charge is 0.381 e. The summed E-state index contributed by atoms with van der Waals surface area (Å²) in [6, 6.07) is -0.377. The molecule has 0 aromatic heterocycles. The van der Waals surface area contributed by atoms with E-state index < -0.39 is 0 Å². The number of piperazine rings is 1. The molecule has 0 aromatic carbocycles. The summed E-state index contributed by atoms with van der Waals surface area (Å²) >= 11 is 0. The first-order valence-electron chi connectivity index (χ1n) is 8.09. The van der Waals surface area contributed by atoms with E-state index in [1.54, 1.807) is 7.11 Å². The standard InChI is InChI=1S/C16H26N2O3/c1-5-10-14(19)17-8-6-7-11(17)15(20)18(10)12-9-13(21-4)16(12,2)3/h10-13H,5-9H2,1-4H3. The van der Waals surface area contributed by atoms with Crippen molar-refractivity contribution in [2.24, 2.45) is 5.41 Å². The van der Waals surface area contributed by atoms with Gasteiger partial charge in [0.25, 0.3) is 0 Å². The molecule has 4 unspecified atom stereocenters. The van der Waals surface area contributed by atoms with Gasteiger partial charge in [0.15, 0.2) is 0 Å². The van der Waals surface area contributed by atoms with Crippen LogP contribution < -0.4 is 0 Å². The van der Waals surface area contributed by atoms with Gasteiger partial charge in [0, 0.05) is 25.1 Å². The Morgan fingerprint density at radius 2 is 2.00 bits per heavy atom. The number of hydrogen-bond donors (Lipinski definition) is 0. The van der Waals surface area contributed by atoms with Crippen molar-refractivity contribution in [1.29, 1.82) is 0 Å². The third-order valence-electron chi connectivity index (χ3n) is 5.83. The maximum absolute atomic E-state index is 12.9. The van der Waals surface area contributed by atoms with Crippen LogP contribution in [-0.2, 0) is 14.3 Å². The minimum atomic E-state index is -0.283. The number of hydrogen-bond acceptors (Lipinski definition) is 3. The van der Waals surface area contributed by atoms with E-state index in [-0.39, 0.29) is 41.5 Å². The predicted octanol–water partition coefficient (Wildman–Crippen LogP) is 1.41. The molecule has 4 atom stereocenters. The Bertz CT molecular complexity index is 462. The van der Waals surface area contributed by atoms with Gasteiger partial charge in [-0.25, -0.2) is 0 Å². The number of nitrogens with zero attached hydrogens (tertiary/aromatic N) is 2. The second kappa shape index (κ2) is 4.97. The molecule has 21 heavy (non-hydrogen) atoms. The summed E-state index contributed by atoms with van der Waals surface area (Å²) in [7, 11) is 1.72. The van der Waals surface area contributed by atoms with Crippen LogP contribution in [-0.4, -0.2) is 59.5 Å². The Balaban J connectivity index is 1.89. The van der Waals surface area contributed by atoms with Gasteiger partial charge < -0.3 is 14.5 Å². The van der Waals surface area contributed by atoms with Gasteiger partial charge in [-0.15, -0.1) is 0 Å². The molecule has 2 amide bonds. The Labute approximate surface area is 126 Å². The molecule has 3 rings (SSSR count). The SMILES string of the molecule is CCC1C(=O)N2CCCC2C(=O)N1C1CC(OC)C1(C)C. The minimum absolute atomic E-state index is 0.0844. The summed E-state index contributed by atoms with van der Waals surface area (Å²) in [6.07, 6.45) is 3.47. The fraction of sp³-hybridized carbons (Fsp3) is 0.875. The van der Waals surface area contributed by atoms with E-state index in [0.29, 0.717) is 6.42 Å². The predicted molar refractivity (Wildman–Crippen MR) is 78.6 cm³/mol. The zero-order valence-corrected chi connectivity index (χ0v) is 13.5. The van der Waals surface area contributed by atoms with Crippen molar-refractivity contribution in [3.63, 3.8) is 0 Å². The number of carbonyl (C=O) groups is 2. The van der Waals surface area contributed by atoms with Crippen LogP contribution in [0, 0.1) is 5.41 Å². The van der Waals surface area contributed by atoms with Crippen LogP contribution in [0.15, 0.2) is 0 Å². The average Bonchev–Trinajstić information content (AvgIpc) is 2.93. The quantitative estimate of drug-likeness (QED) is 0.791. The molecule has 0 aromatic rings. The fourth-order valence-corrected chi connectivity index (χ4v) is 4.40. The third-order valence-corrected chi connectivity index (χ3v) is 5.83. The van der Waals surface area contributed by atoms with Crippen LogP contribution in [0.5, 0.6) is 0 Å². The lowest BCUT2D eigenvalue weighted by Crippen LogP contribution is -2.72. The molecule has 0 bridgehead atoms. The van der Waals surface area contributed by atoms with Gasteiger partial charge in [0.2, 0.25) is 11.8 Å². The number of rotatable bonds is 3. The summed E-state index contributed by atoms with van der Waals surface area (Å²) in [4.78, 5) is 29.4. The van der Waals surface area contributed by atoms with E-state index in [1.165, 1.54) is 0 Å². The van der Waals surface area contributed by atoms with Crippen molar-refractivity contribution in [1.82, 2.24) is 9.80 Å². The monoisotopic (exact) mass is 294 g/mol. The molecule has 1 aliphatic carbocycles. The summed E-state index contributed by atoms with van der Waals surface area (Å²) in [5, 5.41) is 0. The number of fused-ring (bicyclic) bond motifs is 1. The molecule has 0 N–H and O–H groups in total. The van der Waals surface area contributed by atoms with Crippen molar-refractivity contribution in [3.8, 4) is 0 Å². The van der Waals surface area contributed by atoms with E-state index >= 15 is 0 Å². The lowest BCUT2D eigenvalue weighted by atomic mass is 9.63. The van der Waals surface area contributed by atoms with E-state index in [9.17, 15) is 9.59 Å². The number of amides is 2. The van der Waals surface area contributed by atoms with Crippen molar-refractivity contribution < 1.29 is 14.3 Å². The first-order chi connectivity index (χ1) is 9.93. The summed E-state index contributed by atoms with van der Waals surface area (Å²) in [5.74, 6) is 0.308. The summed E-state index contributed by atoms with van der Waals surface area (Å²) in [5.41, 5.74) is -0.0844. The van der Waals surface area contributed by atoms with E-state index in [1.807, 2.05) is 16.7 Å². The molecule has 2 saturated heterocycles. The van der Waals surface area contributed by atoms with Gasteiger partial charge in [0.05, 0.1) is 6.10 Å². The van der Waals surface area contributed by atoms with Gasteiger partial charge >= 0.3 is 0 Å². The van der Waals surface area contributed by atoms with Crippen molar-refractivity contribution >= 4 is 11.8 Å². The molecule has 5 heteroatoms. The van der Waals surface area contributed by atoms with Gasteiger partial charge in [-0.05, 0) is 25.7 Å². The molecule has 2 heterocycles. The Morgan fingerprint density at radius 1 is 1.29 bits per heavy atom. The van der Waals surface area contributed by atoms with Crippen LogP contribution in [0.1, 0.15) is 46.5 Å². The Kier molecular flexibility index (Phi) is 3.51. The van der Waals surface area contributed by atoms with Crippen molar-refractivity contribution in [2.75, 3.05) is 13.7 Å². The summed E-state index contributed by atoms with van der Waals surface area (Å²) < 4.78 is 5.51. The third kappa shape index (κ3) is 1.93. The maximum atomic E-state index is 12.9. The van der Waals surface area contributed by atoms with E-state index in [2.05, 4.69) is 13.8 Å². The first-order valence-corrected chi connectivity index (χ1v) is 8.09. The zero-order chi connectivity index (χ0) is 15.4. The van der Waals surface area contributed by atoms with Gasteiger partial charge in [-0.2, -0.15) is 0 Å². The summed E-state index contributed by atoms with van der Waals surface area (Å²) in [6.45, 7) is 7.02. The number of methoxy groups -OCH3 is 1.